The van der Waals surface area contributed by atoms with E-state index in [-0.39, 0.29) is 12.2 Å². The van der Waals surface area contributed by atoms with Crippen LogP contribution >= 0.6 is 0 Å². The molecule has 1 aromatic rings. The van der Waals surface area contributed by atoms with Gasteiger partial charge in [-0.2, -0.15) is 0 Å². The third kappa shape index (κ3) is 1.13. The van der Waals surface area contributed by atoms with Gasteiger partial charge in [-0.25, -0.2) is 4.79 Å². The number of carbonyl (C=O) groups excluding carboxylic acids is 1. The van der Waals surface area contributed by atoms with Crippen molar-refractivity contribution in [3.8, 4) is 0 Å². The number of amides is 2. The largest absolute Gasteiger partial charge is 0.363 e. The van der Waals surface area contributed by atoms with Gasteiger partial charge in [0.2, 0.25) is 0 Å². The fourth-order valence-corrected chi connectivity index (χ4v) is 3.19. The van der Waals surface area contributed by atoms with E-state index < -0.39 is 0 Å². The Balaban J connectivity index is 1.69. The highest BCUT2D eigenvalue weighted by Crippen LogP contribution is 2.44. The Hall–Kier alpha value is -2.17. The summed E-state index contributed by atoms with van der Waals surface area (Å²) in [6.45, 7) is 1.38. The number of anilines is 2. The van der Waals surface area contributed by atoms with E-state index in [0.717, 1.165) is 5.69 Å². The van der Waals surface area contributed by atoms with Crippen molar-refractivity contribution in [3.63, 3.8) is 0 Å². The number of primary amides is 1. The molecule has 1 aromatic carbocycles. The summed E-state index contributed by atoms with van der Waals surface area (Å²) in [7, 11) is 0. The number of hydrogen-bond acceptors (Lipinski definition) is 3. The average molecular weight is 242 g/mol. The van der Waals surface area contributed by atoms with Crippen LogP contribution in [0.1, 0.15) is 0 Å². The van der Waals surface area contributed by atoms with Crippen LogP contribution in [0.2, 0.25) is 0 Å². The minimum Gasteiger partial charge on any atom is -0.363 e. The number of nitrogens with two attached hydrogens (primary N) is 1. The fraction of sp³-hybridized carbons (Fsp3) is 0.308. The van der Waals surface area contributed by atoms with Crippen molar-refractivity contribution >= 4 is 17.4 Å². The molecule has 5 nitrogen and oxygen atoms in total. The molecular weight excluding hydrogens is 228 g/mol. The number of likely N-dealkylation sites (tertiary alicyclic amines) is 1. The molecule has 0 bridgehead atoms. The first kappa shape index (κ1) is 9.82. The lowest BCUT2D eigenvalue weighted by Gasteiger charge is -2.23. The number of carbonyl (C=O) groups is 1. The smallest absolute Gasteiger partial charge is 0.315 e. The SMILES string of the molecule is NC(=O)N1CC2=CN3c4ccccc4NC3C2C1. The van der Waals surface area contributed by atoms with Crippen LogP contribution in [0.4, 0.5) is 16.2 Å². The van der Waals surface area contributed by atoms with Crippen LogP contribution in [0.5, 0.6) is 0 Å². The zero-order valence-electron chi connectivity index (χ0n) is 9.84. The summed E-state index contributed by atoms with van der Waals surface area (Å²) in [5.41, 5.74) is 9.02. The van der Waals surface area contributed by atoms with Gasteiger partial charge in [0.15, 0.2) is 0 Å². The average Bonchev–Trinajstić information content (AvgIpc) is 2.97. The molecule has 3 aliphatic heterocycles. The molecule has 0 aliphatic carbocycles. The number of nitrogens with one attached hydrogen (secondary N) is 1. The summed E-state index contributed by atoms with van der Waals surface area (Å²) in [6.07, 6.45) is 2.40. The number of nitrogens with zero attached hydrogens (tertiary/aromatic N) is 2. The molecule has 18 heavy (non-hydrogen) atoms. The van der Waals surface area contributed by atoms with Crippen molar-refractivity contribution in [1.29, 1.82) is 0 Å². The first-order valence-corrected chi connectivity index (χ1v) is 6.13. The van der Waals surface area contributed by atoms with E-state index in [0.29, 0.717) is 19.0 Å². The van der Waals surface area contributed by atoms with Gasteiger partial charge in [0.05, 0.1) is 11.4 Å². The van der Waals surface area contributed by atoms with Crippen molar-refractivity contribution in [3.05, 3.63) is 36.0 Å². The maximum absolute atomic E-state index is 11.2. The van der Waals surface area contributed by atoms with E-state index in [4.69, 9.17) is 5.73 Å². The van der Waals surface area contributed by atoms with Gasteiger partial charge in [-0.3, -0.25) is 0 Å². The number of benzene rings is 1. The van der Waals surface area contributed by atoms with E-state index in [9.17, 15) is 4.79 Å². The fourth-order valence-electron chi connectivity index (χ4n) is 3.19. The standard InChI is InChI=1S/C13H14N4O/c14-13(18)16-5-8-6-17-11-4-2-1-3-10(11)15-12(17)9(8)7-16/h1-4,6,9,12,15H,5,7H2,(H2,14,18). The normalized spacial score (nSPS) is 27.4. The van der Waals surface area contributed by atoms with Crippen LogP contribution in [0.3, 0.4) is 0 Å². The summed E-state index contributed by atoms with van der Waals surface area (Å²) in [5.74, 6) is 0.352. The molecular formula is C13H14N4O. The minimum absolute atomic E-state index is 0.238. The molecule has 4 rings (SSSR count). The molecule has 0 radical (unpaired) electrons. The van der Waals surface area contributed by atoms with Gasteiger partial charge in [0, 0.05) is 25.2 Å². The Labute approximate surface area is 105 Å². The van der Waals surface area contributed by atoms with E-state index in [1.165, 1.54) is 11.3 Å². The maximum atomic E-state index is 11.2. The van der Waals surface area contributed by atoms with Gasteiger partial charge in [-0.1, -0.05) is 12.1 Å². The molecule has 0 spiro atoms. The molecule has 92 valence electrons. The molecule has 0 saturated carbocycles. The van der Waals surface area contributed by atoms with Crippen LogP contribution in [0.25, 0.3) is 0 Å². The van der Waals surface area contributed by atoms with Crippen LogP contribution in [0, 0.1) is 5.92 Å². The quantitative estimate of drug-likeness (QED) is 0.717. The van der Waals surface area contributed by atoms with Crippen LogP contribution < -0.4 is 16.0 Å². The predicted octanol–water partition coefficient (Wildman–Crippen LogP) is 1.15. The Kier molecular flexibility index (Phi) is 1.74. The highest BCUT2D eigenvalue weighted by Gasteiger charge is 2.45. The van der Waals surface area contributed by atoms with Crippen LogP contribution in [-0.4, -0.2) is 30.2 Å². The van der Waals surface area contributed by atoms with E-state index in [1.807, 2.05) is 12.1 Å². The van der Waals surface area contributed by atoms with Crippen molar-refractivity contribution < 1.29 is 4.79 Å². The molecule has 3 aliphatic rings. The second-order valence-electron chi connectivity index (χ2n) is 5.04. The van der Waals surface area contributed by atoms with Gasteiger partial charge in [0.1, 0.15) is 6.17 Å². The molecule has 2 atom stereocenters. The monoisotopic (exact) mass is 242 g/mol. The number of rotatable bonds is 0. The summed E-state index contributed by atoms with van der Waals surface area (Å²) >= 11 is 0. The van der Waals surface area contributed by atoms with Gasteiger partial charge in [-0.15, -0.1) is 0 Å². The molecule has 0 aromatic heterocycles. The zero-order chi connectivity index (χ0) is 12.3. The maximum Gasteiger partial charge on any atom is 0.315 e. The second kappa shape index (κ2) is 3.19. The Morgan fingerprint density at radius 2 is 2.22 bits per heavy atom. The highest BCUT2D eigenvalue weighted by atomic mass is 16.2. The lowest BCUT2D eigenvalue weighted by Crippen LogP contribution is -2.39. The third-order valence-corrected chi connectivity index (χ3v) is 4.05. The first-order valence-electron chi connectivity index (χ1n) is 6.13. The molecule has 3 heterocycles. The summed E-state index contributed by atoms with van der Waals surface area (Å²) in [4.78, 5) is 15.2. The topological polar surface area (TPSA) is 61.6 Å². The Morgan fingerprint density at radius 1 is 1.39 bits per heavy atom. The lowest BCUT2D eigenvalue weighted by atomic mass is 10.0. The van der Waals surface area contributed by atoms with Crippen molar-refractivity contribution in [2.45, 2.75) is 6.17 Å². The first-order chi connectivity index (χ1) is 8.74. The molecule has 2 amide bonds. The van der Waals surface area contributed by atoms with Crippen molar-refractivity contribution in [2.75, 3.05) is 23.3 Å². The summed E-state index contributed by atoms with van der Waals surface area (Å²) in [5, 5.41) is 3.52. The molecule has 1 saturated heterocycles. The second-order valence-corrected chi connectivity index (χ2v) is 5.04. The zero-order valence-corrected chi connectivity index (χ0v) is 9.84. The van der Waals surface area contributed by atoms with Gasteiger partial charge < -0.3 is 20.9 Å². The van der Waals surface area contributed by atoms with Gasteiger partial charge in [-0.05, 0) is 17.7 Å². The van der Waals surface area contributed by atoms with Gasteiger partial charge >= 0.3 is 6.03 Å². The number of para-hydroxylation sites is 2. The predicted molar refractivity (Wildman–Crippen MR) is 69.1 cm³/mol. The summed E-state index contributed by atoms with van der Waals surface area (Å²) < 4.78 is 0. The molecule has 1 fully saturated rings. The molecule has 3 N–H and O–H groups in total. The number of hydrogen-bond donors (Lipinski definition) is 2. The minimum atomic E-state index is -0.327. The summed E-state index contributed by atoms with van der Waals surface area (Å²) in [6, 6.07) is 7.95. The van der Waals surface area contributed by atoms with Crippen LogP contribution in [0.15, 0.2) is 36.0 Å². The number of fused-ring (bicyclic) bond motifs is 5. The van der Waals surface area contributed by atoms with E-state index >= 15 is 0 Å². The third-order valence-electron chi connectivity index (χ3n) is 4.05. The lowest BCUT2D eigenvalue weighted by molar-refractivity contribution is 0.216. The van der Waals surface area contributed by atoms with Crippen molar-refractivity contribution in [2.24, 2.45) is 11.7 Å². The molecule has 2 unspecified atom stereocenters. The van der Waals surface area contributed by atoms with E-state index in [2.05, 4.69) is 28.5 Å². The van der Waals surface area contributed by atoms with Crippen molar-refractivity contribution in [1.82, 2.24) is 4.90 Å². The Morgan fingerprint density at radius 3 is 3.06 bits per heavy atom. The van der Waals surface area contributed by atoms with Crippen LogP contribution in [-0.2, 0) is 0 Å². The number of urea groups is 1. The van der Waals surface area contributed by atoms with E-state index in [1.54, 1.807) is 4.90 Å². The van der Waals surface area contributed by atoms with Gasteiger partial charge in [0.25, 0.3) is 0 Å². The Bertz CT molecular complexity index is 568. The highest BCUT2D eigenvalue weighted by molar-refractivity contribution is 5.80. The molecule has 5 heteroatoms.